The van der Waals surface area contributed by atoms with Crippen LogP contribution in [0.5, 0.6) is 0 Å². The van der Waals surface area contributed by atoms with Crippen LogP contribution in [-0.4, -0.2) is 37.2 Å². The van der Waals surface area contributed by atoms with Gasteiger partial charge in [-0.05, 0) is 35.7 Å². The molecular weight excluding hydrogens is 316 g/mol. The number of rotatable bonds is 4. The molecule has 0 unspecified atom stereocenters. The Labute approximate surface area is 144 Å². The van der Waals surface area contributed by atoms with Crippen LogP contribution in [0.4, 0.5) is 0 Å². The van der Waals surface area contributed by atoms with Gasteiger partial charge in [0.05, 0.1) is 11.7 Å². The monoisotopic (exact) mass is 334 g/mol. The fraction of sp³-hybridized carbons (Fsp3) is 0.222. The van der Waals surface area contributed by atoms with E-state index < -0.39 is 0 Å². The van der Waals surface area contributed by atoms with Crippen LogP contribution < -0.4 is 5.32 Å². The Morgan fingerprint density at radius 3 is 2.96 bits per heavy atom. The number of fused-ring (bicyclic) bond motifs is 2. The maximum absolute atomic E-state index is 12.3. The lowest BCUT2D eigenvalue weighted by Crippen LogP contribution is -2.27. The molecular formula is C18H18N6O. The van der Waals surface area contributed by atoms with Crippen LogP contribution in [0.3, 0.4) is 0 Å². The molecule has 0 spiro atoms. The zero-order chi connectivity index (χ0) is 17.4. The highest BCUT2D eigenvalue weighted by Crippen LogP contribution is 2.30. The summed E-state index contributed by atoms with van der Waals surface area (Å²) in [5.74, 6) is 0.271. The molecule has 0 saturated heterocycles. The summed E-state index contributed by atoms with van der Waals surface area (Å²) in [7, 11) is 0. The summed E-state index contributed by atoms with van der Waals surface area (Å²) in [6.07, 6.45) is 5.20. The maximum atomic E-state index is 12.3. The first kappa shape index (κ1) is 15.3. The lowest BCUT2D eigenvalue weighted by atomic mass is 10.1. The summed E-state index contributed by atoms with van der Waals surface area (Å²) in [5, 5.41) is 12.3. The van der Waals surface area contributed by atoms with Crippen molar-refractivity contribution < 1.29 is 4.79 Å². The van der Waals surface area contributed by atoms with Gasteiger partial charge in [0.1, 0.15) is 11.3 Å². The molecule has 4 aromatic heterocycles. The van der Waals surface area contributed by atoms with Crippen LogP contribution in [0.1, 0.15) is 24.3 Å². The minimum Gasteiger partial charge on any atom is -0.351 e. The average molecular weight is 334 g/mol. The van der Waals surface area contributed by atoms with E-state index >= 15 is 0 Å². The molecule has 1 amide bonds. The SMILES string of the molecule is CC(C)CNC(=O)c1cc2c(-c3cnn4ncccc34)ccnc2[nH]1. The van der Waals surface area contributed by atoms with Crippen LogP contribution >= 0.6 is 0 Å². The molecule has 0 aliphatic carbocycles. The Morgan fingerprint density at radius 2 is 2.12 bits per heavy atom. The number of hydrogen-bond acceptors (Lipinski definition) is 4. The van der Waals surface area contributed by atoms with E-state index in [9.17, 15) is 4.79 Å². The highest BCUT2D eigenvalue weighted by molar-refractivity contribution is 6.03. The Kier molecular flexibility index (Phi) is 3.68. The zero-order valence-corrected chi connectivity index (χ0v) is 14.0. The quantitative estimate of drug-likeness (QED) is 0.600. The van der Waals surface area contributed by atoms with Gasteiger partial charge in [-0.15, -0.1) is 0 Å². The minimum absolute atomic E-state index is 0.126. The van der Waals surface area contributed by atoms with Crippen molar-refractivity contribution in [2.75, 3.05) is 6.54 Å². The lowest BCUT2D eigenvalue weighted by Gasteiger charge is -2.05. The molecule has 0 aliphatic rings. The number of carbonyl (C=O) groups is 1. The number of H-pyrrole nitrogens is 1. The third-order valence-electron chi connectivity index (χ3n) is 4.04. The van der Waals surface area contributed by atoms with Gasteiger partial charge in [-0.3, -0.25) is 4.79 Å². The van der Waals surface area contributed by atoms with Crippen molar-refractivity contribution in [2.45, 2.75) is 13.8 Å². The van der Waals surface area contributed by atoms with E-state index in [4.69, 9.17) is 0 Å². The van der Waals surface area contributed by atoms with Crippen LogP contribution in [-0.2, 0) is 0 Å². The van der Waals surface area contributed by atoms with Gasteiger partial charge in [-0.2, -0.15) is 14.8 Å². The Hall–Kier alpha value is -3.22. The fourth-order valence-corrected chi connectivity index (χ4v) is 2.82. The molecule has 25 heavy (non-hydrogen) atoms. The van der Waals surface area contributed by atoms with Crippen molar-refractivity contribution in [3.8, 4) is 11.1 Å². The standard InChI is InChI=1S/C18H18N6O/c1-11(2)9-20-18(25)15-8-13-12(5-7-19-17(13)23-15)14-10-22-24-16(14)4-3-6-21-24/h3-8,10-11H,9H2,1-2H3,(H,19,23)(H,20,25). The molecule has 7 heteroatoms. The molecule has 2 N–H and O–H groups in total. The van der Waals surface area contributed by atoms with Gasteiger partial charge in [-0.1, -0.05) is 13.8 Å². The zero-order valence-electron chi connectivity index (χ0n) is 14.0. The van der Waals surface area contributed by atoms with E-state index in [1.165, 1.54) is 0 Å². The second-order valence-corrected chi connectivity index (χ2v) is 6.36. The first-order valence-electron chi connectivity index (χ1n) is 8.19. The van der Waals surface area contributed by atoms with Gasteiger partial charge in [0.2, 0.25) is 0 Å². The molecule has 0 aromatic carbocycles. The molecule has 0 atom stereocenters. The normalized spacial score (nSPS) is 11.5. The average Bonchev–Trinajstić information content (AvgIpc) is 3.23. The number of amides is 1. The van der Waals surface area contributed by atoms with Crippen molar-refractivity contribution in [1.29, 1.82) is 0 Å². The number of aromatic nitrogens is 5. The van der Waals surface area contributed by atoms with E-state index in [0.717, 1.165) is 22.0 Å². The van der Waals surface area contributed by atoms with Gasteiger partial charge in [0.15, 0.2) is 0 Å². The highest BCUT2D eigenvalue weighted by Gasteiger charge is 2.15. The number of hydrogen-bond donors (Lipinski definition) is 2. The Balaban J connectivity index is 1.79. The number of nitrogens with one attached hydrogen (secondary N) is 2. The summed E-state index contributed by atoms with van der Waals surface area (Å²) in [6, 6.07) is 7.61. The number of aromatic amines is 1. The molecule has 0 bridgehead atoms. The van der Waals surface area contributed by atoms with Gasteiger partial charge in [-0.25, -0.2) is 4.98 Å². The van der Waals surface area contributed by atoms with E-state index in [1.807, 2.05) is 24.3 Å². The molecule has 4 heterocycles. The lowest BCUT2D eigenvalue weighted by molar-refractivity contribution is 0.0945. The van der Waals surface area contributed by atoms with E-state index in [0.29, 0.717) is 23.8 Å². The Morgan fingerprint density at radius 1 is 1.24 bits per heavy atom. The molecule has 7 nitrogen and oxygen atoms in total. The summed E-state index contributed by atoms with van der Waals surface area (Å²) >= 11 is 0. The second-order valence-electron chi connectivity index (χ2n) is 6.36. The van der Waals surface area contributed by atoms with E-state index in [1.54, 1.807) is 23.2 Å². The first-order chi connectivity index (χ1) is 12.1. The molecule has 0 saturated carbocycles. The highest BCUT2D eigenvalue weighted by atomic mass is 16.1. The summed E-state index contributed by atoms with van der Waals surface area (Å²) < 4.78 is 1.59. The minimum atomic E-state index is -0.126. The predicted molar refractivity (Wildman–Crippen MR) is 95.2 cm³/mol. The first-order valence-corrected chi connectivity index (χ1v) is 8.19. The molecule has 0 fully saturated rings. The Bertz CT molecular complexity index is 1060. The summed E-state index contributed by atoms with van der Waals surface area (Å²) in [6.45, 7) is 4.75. The van der Waals surface area contributed by atoms with Crippen LogP contribution in [0.25, 0.3) is 27.7 Å². The molecule has 126 valence electrons. The largest absolute Gasteiger partial charge is 0.351 e. The van der Waals surface area contributed by atoms with E-state index in [-0.39, 0.29) is 5.91 Å². The fourth-order valence-electron chi connectivity index (χ4n) is 2.82. The van der Waals surface area contributed by atoms with Crippen LogP contribution in [0.2, 0.25) is 0 Å². The predicted octanol–water partition coefficient (Wildman–Crippen LogP) is 2.66. The van der Waals surface area contributed by atoms with E-state index in [2.05, 4.69) is 39.3 Å². The molecule has 0 aliphatic heterocycles. The smallest absolute Gasteiger partial charge is 0.267 e. The maximum Gasteiger partial charge on any atom is 0.267 e. The number of carbonyl (C=O) groups excluding carboxylic acids is 1. The van der Waals surface area contributed by atoms with Gasteiger partial charge in [0.25, 0.3) is 5.91 Å². The van der Waals surface area contributed by atoms with Crippen molar-refractivity contribution in [3.05, 3.63) is 48.5 Å². The topological polar surface area (TPSA) is 88.0 Å². The summed E-state index contributed by atoms with van der Waals surface area (Å²) in [5.41, 5.74) is 4.00. The third kappa shape index (κ3) is 2.73. The van der Waals surface area contributed by atoms with Crippen molar-refractivity contribution >= 4 is 22.5 Å². The van der Waals surface area contributed by atoms with Crippen LogP contribution in [0.15, 0.2) is 42.9 Å². The van der Waals surface area contributed by atoms with Gasteiger partial charge >= 0.3 is 0 Å². The van der Waals surface area contributed by atoms with Crippen molar-refractivity contribution in [1.82, 2.24) is 30.1 Å². The molecule has 4 aromatic rings. The molecule has 0 radical (unpaired) electrons. The summed E-state index contributed by atoms with van der Waals surface area (Å²) in [4.78, 5) is 19.8. The number of nitrogens with zero attached hydrogens (tertiary/aromatic N) is 4. The molecule has 4 rings (SSSR count). The van der Waals surface area contributed by atoms with Crippen molar-refractivity contribution in [3.63, 3.8) is 0 Å². The number of pyridine rings is 1. The van der Waals surface area contributed by atoms with Gasteiger partial charge < -0.3 is 10.3 Å². The van der Waals surface area contributed by atoms with Crippen molar-refractivity contribution in [2.24, 2.45) is 5.92 Å². The second kappa shape index (κ2) is 6.01. The van der Waals surface area contributed by atoms with Crippen LogP contribution in [0, 0.1) is 5.92 Å². The van der Waals surface area contributed by atoms with Gasteiger partial charge in [0, 0.05) is 29.9 Å². The third-order valence-corrected chi connectivity index (χ3v) is 4.04.